The Balaban J connectivity index is 1.90. The van der Waals surface area contributed by atoms with Gasteiger partial charge in [-0.25, -0.2) is 0 Å². The smallest absolute Gasteiger partial charge is 0.137 e. The fourth-order valence-electron chi connectivity index (χ4n) is 2.40. The monoisotopic (exact) mass is 263 g/mol. The number of unbranched alkanes of at least 4 members (excludes halogenated alkanes) is 9. The zero-order valence-electron chi connectivity index (χ0n) is 12.4. The van der Waals surface area contributed by atoms with E-state index in [1.165, 1.54) is 57.8 Å². The van der Waals surface area contributed by atoms with Crippen LogP contribution in [0.25, 0.3) is 0 Å². The largest absolute Gasteiger partial charge is 0.506 e. The van der Waals surface area contributed by atoms with Gasteiger partial charge in [0.1, 0.15) is 5.75 Å². The zero-order valence-corrected chi connectivity index (χ0v) is 12.4. The van der Waals surface area contributed by atoms with Crippen molar-refractivity contribution in [3.8, 4) is 5.75 Å². The predicted molar refractivity (Wildman–Crippen MR) is 81.4 cm³/mol. The molecular weight excluding hydrogens is 234 g/mol. The minimum atomic E-state index is 0.346. The molecule has 2 nitrogen and oxygen atoms in total. The first kappa shape index (κ1) is 16.0. The molecular formula is C17H29NO. The standard InChI is InChI=1S/C17H29NO/c1-2-3-4-5-6-7-8-9-10-11-13-16-17(19)14-12-15-18-16/h12,14-15,19H,2-11,13H2,1H3. The lowest BCUT2D eigenvalue weighted by molar-refractivity contribution is 0.461. The average Bonchev–Trinajstić information content (AvgIpc) is 2.43. The summed E-state index contributed by atoms with van der Waals surface area (Å²) in [7, 11) is 0. The molecule has 0 aliphatic carbocycles. The minimum Gasteiger partial charge on any atom is -0.506 e. The van der Waals surface area contributed by atoms with Crippen molar-refractivity contribution in [2.24, 2.45) is 0 Å². The molecule has 19 heavy (non-hydrogen) atoms. The SMILES string of the molecule is CCCCCCCCCCCCc1ncccc1O. The van der Waals surface area contributed by atoms with Crippen LogP contribution >= 0.6 is 0 Å². The van der Waals surface area contributed by atoms with E-state index in [4.69, 9.17) is 0 Å². The van der Waals surface area contributed by atoms with E-state index in [0.717, 1.165) is 18.5 Å². The maximum atomic E-state index is 9.59. The molecule has 0 aliphatic rings. The predicted octanol–water partition coefficient (Wildman–Crippen LogP) is 5.25. The minimum absolute atomic E-state index is 0.346. The van der Waals surface area contributed by atoms with Crippen molar-refractivity contribution in [2.75, 3.05) is 0 Å². The molecule has 108 valence electrons. The van der Waals surface area contributed by atoms with Crippen molar-refractivity contribution in [3.63, 3.8) is 0 Å². The normalized spacial score (nSPS) is 10.8. The van der Waals surface area contributed by atoms with Crippen LogP contribution in [0.3, 0.4) is 0 Å². The summed E-state index contributed by atoms with van der Waals surface area (Å²) >= 11 is 0. The molecule has 1 N–H and O–H groups in total. The summed E-state index contributed by atoms with van der Waals surface area (Å²) in [4.78, 5) is 4.20. The van der Waals surface area contributed by atoms with Crippen LogP contribution in [0, 0.1) is 0 Å². The van der Waals surface area contributed by atoms with Crippen LogP contribution in [0.2, 0.25) is 0 Å². The summed E-state index contributed by atoms with van der Waals surface area (Å²) in [5, 5.41) is 9.59. The third kappa shape index (κ3) is 7.86. The molecule has 0 unspecified atom stereocenters. The Bertz CT molecular complexity index is 325. The van der Waals surface area contributed by atoms with E-state index in [2.05, 4.69) is 11.9 Å². The maximum absolute atomic E-state index is 9.59. The summed E-state index contributed by atoms with van der Waals surface area (Å²) < 4.78 is 0. The van der Waals surface area contributed by atoms with Gasteiger partial charge in [-0.2, -0.15) is 0 Å². The van der Waals surface area contributed by atoms with E-state index < -0.39 is 0 Å². The Kier molecular flexibility index (Phi) is 9.13. The summed E-state index contributed by atoms with van der Waals surface area (Å²) in [5.74, 6) is 0.346. The van der Waals surface area contributed by atoms with Gasteiger partial charge in [0.05, 0.1) is 5.69 Å². The molecule has 1 aromatic heterocycles. The highest BCUT2D eigenvalue weighted by molar-refractivity contribution is 5.24. The van der Waals surface area contributed by atoms with Gasteiger partial charge in [-0.3, -0.25) is 4.98 Å². The lowest BCUT2D eigenvalue weighted by Crippen LogP contribution is -1.90. The van der Waals surface area contributed by atoms with E-state index in [1.807, 2.05) is 0 Å². The van der Waals surface area contributed by atoms with Crippen LogP contribution in [0.15, 0.2) is 18.3 Å². The van der Waals surface area contributed by atoms with Crippen LogP contribution in [0.4, 0.5) is 0 Å². The fraction of sp³-hybridized carbons (Fsp3) is 0.706. The van der Waals surface area contributed by atoms with Crippen molar-refractivity contribution in [1.29, 1.82) is 0 Å². The van der Waals surface area contributed by atoms with Gasteiger partial charge in [0, 0.05) is 6.20 Å². The number of nitrogens with zero attached hydrogens (tertiary/aromatic N) is 1. The lowest BCUT2D eigenvalue weighted by Gasteiger charge is -2.04. The summed E-state index contributed by atoms with van der Waals surface area (Å²) in [6.07, 6.45) is 16.1. The van der Waals surface area contributed by atoms with Gasteiger partial charge in [0.15, 0.2) is 0 Å². The second-order valence-electron chi connectivity index (χ2n) is 5.40. The van der Waals surface area contributed by atoms with Crippen LogP contribution in [-0.4, -0.2) is 10.1 Å². The molecule has 0 bridgehead atoms. The second kappa shape index (κ2) is 10.8. The van der Waals surface area contributed by atoms with E-state index in [0.29, 0.717) is 5.75 Å². The van der Waals surface area contributed by atoms with Crippen molar-refractivity contribution in [3.05, 3.63) is 24.0 Å². The Morgan fingerprint density at radius 2 is 1.47 bits per heavy atom. The molecule has 0 fully saturated rings. The average molecular weight is 263 g/mol. The van der Waals surface area contributed by atoms with Crippen molar-refractivity contribution in [1.82, 2.24) is 4.98 Å². The molecule has 0 atom stereocenters. The van der Waals surface area contributed by atoms with Crippen molar-refractivity contribution in [2.45, 2.75) is 77.6 Å². The topological polar surface area (TPSA) is 33.1 Å². The van der Waals surface area contributed by atoms with E-state index in [1.54, 1.807) is 18.3 Å². The highest BCUT2D eigenvalue weighted by Crippen LogP contribution is 2.16. The van der Waals surface area contributed by atoms with E-state index in [9.17, 15) is 5.11 Å². The number of hydrogen-bond acceptors (Lipinski definition) is 2. The number of pyridine rings is 1. The first-order chi connectivity index (χ1) is 9.34. The van der Waals surface area contributed by atoms with Gasteiger partial charge in [0.25, 0.3) is 0 Å². The number of rotatable bonds is 11. The number of aromatic nitrogens is 1. The highest BCUT2D eigenvalue weighted by atomic mass is 16.3. The Morgan fingerprint density at radius 1 is 0.895 bits per heavy atom. The fourth-order valence-corrected chi connectivity index (χ4v) is 2.40. The number of aryl methyl sites for hydroxylation is 1. The summed E-state index contributed by atoms with van der Waals surface area (Å²) in [5.41, 5.74) is 0.849. The van der Waals surface area contributed by atoms with Gasteiger partial charge < -0.3 is 5.11 Å². The molecule has 1 heterocycles. The van der Waals surface area contributed by atoms with Gasteiger partial charge in [-0.15, -0.1) is 0 Å². The Labute approximate surface area is 118 Å². The van der Waals surface area contributed by atoms with Gasteiger partial charge >= 0.3 is 0 Å². The number of hydrogen-bond donors (Lipinski definition) is 1. The summed E-state index contributed by atoms with van der Waals surface area (Å²) in [6, 6.07) is 3.50. The maximum Gasteiger partial charge on any atom is 0.137 e. The molecule has 0 spiro atoms. The van der Waals surface area contributed by atoms with E-state index in [-0.39, 0.29) is 0 Å². The molecule has 0 radical (unpaired) electrons. The Hall–Kier alpha value is -1.05. The van der Waals surface area contributed by atoms with Crippen molar-refractivity contribution >= 4 is 0 Å². The molecule has 0 saturated carbocycles. The van der Waals surface area contributed by atoms with Crippen LogP contribution in [-0.2, 0) is 6.42 Å². The summed E-state index contributed by atoms with van der Waals surface area (Å²) in [6.45, 7) is 2.26. The number of aromatic hydroxyl groups is 1. The van der Waals surface area contributed by atoms with Gasteiger partial charge in [-0.05, 0) is 25.0 Å². The molecule has 1 rings (SSSR count). The quantitative estimate of drug-likeness (QED) is 0.553. The molecule has 0 amide bonds. The lowest BCUT2D eigenvalue weighted by atomic mass is 10.0. The van der Waals surface area contributed by atoms with Crippen LogP contribution < -0.4 is 0 Å². The van der Waals surface area contributed by atoms with E-state index >= 15 is 0 Å². The first-order valence-electron chi connectivity index (χ1n) is 7.97. The molecule has 2 heteroatoms. The third-order valence-electron chi connectivity index (χ3n) is 3.63. The van der Waals surface area contributed by atoms with Crippen LogP contribution in [0.1, 0.15) is 76.8 Å². The first-order valence-corrected chi connectivity index (χ1v) is 7.97. The Morgan fingerprint density at radius 3 is 2.05 bits per heavy atom. The van der Waals surface area contributed by atoms with Crippen LogP contribution in [0.5, 0.6) is 5.75 Å². The second-order valence-corrected chi connectivity index (χ2v) is 5.40. The molecule has 1 aromatic rings. The van der Waals surface area contributed by atoms with Crippen molar-refractivity contribution < 1.29 is 5.11 Å². The molecule has 0 aromatic carbocycles. The van der Waals surface area contributed by atoms with Gasteiger partial charge in [0.2, 0.25) is 0 Å². The third-order valence-corrected chi connectivity index (χ3v) is 3.63. The molecule has 0 saturated heterocycles. The highest BCUT2D eigenvalue weighted by Gasteiger charge is 2.00. The molecule has 0 aliphatic heterocycles. The zero-order chi connectivity index (χ0) is 13.8. The van der Waals surface area contributed by atoms with Gasteiger partial charge in [-0.1, -0.05) is 64.7 Å².